The SMILES string of the molecule is CNC(=O)CN(C)Cc1ccc2n(c1=O)C[C@H]1C[C@@H]2CN(Cc2cncc(Cl)c2)C1. The van der Waals surface area contributed by atoms with Crippen molar-refractivity contribution in [2.24, 2.45) is 5.92 Å². The Bertz CT molecular complexity index is 992. The molecule has 1 N–H and O–H groups in total. The van der Waals surface area contributed by atoms with Gasteiger partial charge in [0.2, 0.25) is 5.91 Å². The van der Waals surface area contributed by atoms with Gasteiger partial charge in [0, 0.05) is 69.3 Å². The molecule has 0 unspecified atom stereocenters. The van der Waals surface area contributed by atoms with E-state index in [0.717, 1.165) is 49.4 Å². The van der Waals surface area contributed by atoms with Crippen LogP contribution in [0.2, 0.25) is 5.02 Å². The number of pyridine rings is 2. The molecule has 4 heterocycles. The minimum absolute atomic E-state index is 0.0555. The Balaban J connectivity index is 1.49. The number of carbonyl (C=O) groups excluding carboxylic acids is 1. The predicted molar refractivity (Wildman–Crippen MR) is 116 cm³/mol. The Morgan fingerprint density at radius 1 is 1.30 bits per heavy atom. The summed E-state index contributed by atoms with van der Waals surface area (Å²) in [6, 6.07) is 6.02. The second-order valence-electron chi connectivity index (χ2n) is 8.55. The fraction of sp³-hybridized carbons (Fsp3) is 0.500. The largest absolute Gasteiger partial charge is 0.358 e. The third-order valence-corrected chi connectivity index (χ3v) is 6.27. The molecule has 1 amide bonds. The highest BCUT2D eigenvalue weighted by molar-refractivity contribution is 6.30. The third-order valence-electron chi connectivity index (χ3n) is 6.06. The number of halogens is 1. The smallest absolute Gasteiger partial charge is 0.255 e. The van der Waals surface area contributed by atoms with Crippen LogP contribution in [0.3, 0.4) is 0 Å². The number of likely N-dealkylation sites (N-methyl/N-ethyl adjacent to an activating group) is 2. The van der Waals surface area contributed by atoms with Gasteiger partial charge in [0.1, 0.15) is 0 Å². The Labute approximate surface area is 181 Å². The van der Waals surface area contributed by atoms with Crippen molar-refractivity contribution in [3.8, 4) is 0 Å². The van der Waals surface area contributed by atoms with Crippen molar-refractivity contribution in [3.05, 3.63) is 62.8 Å². The summed E-state index contributed by atoms with van der Waals surface area (Å²) >= 11 is 6.08. The van der Waals surface area contributed by atoms with Gasteiger partial charge in [0.25, 0.3) is 5.56 Å². The number of aromatic nitrogens is 2. The van der Waals surface area contributed by atoms with Crippen LogP contribution in [-0.4, -0.2) is 59.0 Å². The molecular formula is C22H28ClN5O2. The molecule has 0 saturated carbocycles. The summed E-state index contributed by atoms with van der Waals surface area (Å²) in [6.07, 6.45) is 4.65. The number of nitrogens with one attached hydrogen (secondary N) is 1. The van der Waals surface area contributed by atoms with Gasteiger partial charge in [-0.25, -0.2) is 0 Å². The zero-order chi connectivity index (χ0) is 21.3. The molecule has 30 heavy (non-hydrogen) atoms. The van der Waals surface area contributed by atoms with Crippen LogP contribution in [0.15, 0.2) is 35.4 Å². The van der Waals surface area contributed by atoms with E-state index in [9.17, 15) is 9.59 Å². The second kappa shape index (κ2) is 8.88. The molecule has 160 valence electrons. The molecule has 1 fully saturated rings. The van der Waals surface area contributed by atoms with Crippen molar-refractivity contribution in [2.75, 3.05) is 33.7 Å². The maximum absolute atomic E-state index is 13.1. The van der Waals surface area contributed by atoms with Gasteiger partial charge in [-0.05, 0) is 37.1 Å². The fourth-order valence-corrected chi connectivity index (χ4v) is 5.01. The van der Waals surface area contributed by atoms with Gasteiger partial charge in [-0.2, -0.15) is 0 Å². The average molecular weight is 430 g/mol. The number of piperidine rings is 1. The topological polar surface area (TPSA) is 70.5 Å². The van der Waals surface area contributed by atoms with Gasteiger partial charge in [-0.3, -0.25) is 24.4 Å². The van der Waals surface area contributed by atoms with E-state index in [1.807, 2.05) is 34.8 Å². The van der Waals surface area contributed by atoms with Gasteiger partial charge in [-0.1, -0.05) is 17.7 Å². The van der Waals surface area contributed by atoms with E-state index in [1.54, 1.807) is 13.2 Å². The summed E-state index contributed by atoms with van der Waals surface area (Å²) < 4.78 is 1.97. The van der Waals surface area contributed by atoms with Gasteiger partial charge in [0.15, 0.2) is 0 Å². The van der Waals surface area contributed by atoms with Crippen LogP contribution in [0.5, 0.6) is 0 Å². The lowest BCUT2D eigenvalue weighted by molar-refractivity contribution is -0.121. The summed E-state index contributed by atoms with van der Waals surface area (Å²) in [5.74, 6) is 0.759. The van der Waals surface area contributed by atoms with Crippen molar-refractivity contribution < 1.29 is 4.79 Å². The number of likely N-dealkylation sites (tertiary alicyclic amines) is 1. The van der Waals surface area contributed by atoms with E-state index < -0.39 is 0 Å². The highest BCUT2D eigenvalue weighted by Crippen LogP contribution is 2.35. The van der Waals surface area contributed by atoms with Crippen molar-refractivity contribution in [1.82, 2.24) is 24.7 Å². The van der Waals surface area contributed by atoms with Crippen LogP contribution in [0.4, 0.5) is 0 Å². The summed E-state index contributed by atoms with van der Waals surface area (Å²) in [4.78, 5) is 33.2. The van der Waals surface area contributed by atoms with Crippen molar-refractivity contribution in [3.63, 3.8) is 0 Å². The summed E-state index contributed by atoms with van der Waals surface area (Å²) in [5.41, 5.74) is 3.07. The zero-order valence-electron chi connectivity index (χ0n) is 17.5. The summed E-state index contributed by atoms with van der Waals surface area (Å²) in [7, 11) is 3.48. The lowest BCUT2D eigenvalue weighted by Gasteiger charge is -2.43. The van der Waals surface area contributed by atoms with E-state index in [4.69, 9.17) is 11.6 Å². The van der Waals surface area contributed by atoms with E-state index in [2.05, 4.69) is 21.3 Å². The maximum atomic E-state index is 13.1. The van der Waals surface area contributed by atoms with Crippen molar-refractivity contribution in [2.45, 2.75) is 32.0 Å². The minimum atomic E-state index is -0.0555. The number of hydrogen-bond acceptors (Lipinski definition) is 5. The van der Waals surface area contributed by atoms with Crippen LogP contribution in [0.1, 0.15) is 29.2 Å². The molecule has 2 aliphatic rings. The minimum Gasteiger partial charge on any atom is -0.358 e. The highest BCUT2D eigenvalue weighted by atomic mass is 35.5. The number of fused-ring (bicyclic) bond motifs is 4. The standard InChI is InChI=1S/C22H28ClN5O2/c1-24-21(29)14-26(2)12-17-3-4-20-18-5-16(11-28(20)22(17)30)10-27(13-18)9-15-6-19(23)8-25-7-15/h3-4,6-8,16,18H,5,9-14H2,1-2H3,(H,24,29)/t16-,18+/m0/s1. The fourth-order valence-electron chi connectivity index (χ4n) is 4.81. The number of nitrogens with zero attached hydrogens (tertiary/aromatic N) is 4. The van der Waals surface area contributed by atoms with E-state index in [-0.39, 0.29) is 18.0 Å². The molecule has 7 nitrogen and oxygen atoms in total. The number of hydrogen-bond donors (Lipinski definition) is 1. The molecule has 2 atom stereocenters. The molecule has 0 spiro atoms. The monoisotopic (exact) mass is 429 g/mol. The Morgan fingerprint density at radius 3 is 2.90 bits per heavy atom. The molecule has 8 heteroatoms. The van der Waals surface area contributed by atoms with Crippen molar-refractivity contribution in [1.29, 1.82) is 0 Å². The lowest BCUT2D eigenvalue weighted by Crippen LogP contribution is -2.47. The van der Waals surface area contributed by atoms with Crippen LogP contribution in [0, 0.1) is 5.92 Å². The Kier molecular flexibility index (Phi) is 6.22. The van der Waals surface area contributed by atoms with Gasteiger partial charge < -0.3 is 9.88 Å². The molecular weight excluding hydrogens is 402 g/mol. The first kappa shape index (κ1) is 21.0. The molecule has 0 aliphatic carbocycles. The number of rotatable bonds is 6. The second-order valence-corrected chi connectivity index (χ2v) is 8.99. The summed E-state index contributed by atoms with van der Waals surface area (Å²) in [6.45, 7) is 4.22. The molecule has 2 aliphatic heterocycles. The first-order valence-corrected chi connectivity index (χ1v) is 10.7. The van der Waals surface area contributed by atoms with Crippen LogP contribution < -0.4 is 10.9 Å². The molecule has 2 bridgehead atoms. The Hall–Kier alpha value is -2.22. The molecule has 0 aromatic carbocycles. The maximum Gasteiger partial charge on any atom is 0.255 e. The molecule has 1 saturated heterocycles. The zero-order valence-corrected chi connectivity index (χ0v) is 18.2. The average Bonchev–Trinajstić information content (AvgIpc) is 2.70. The number of amides is 1. The molecule has 4 rings (SSSR count). The first-order chi connectivity index (χ1) is 14.4. The molecule has 2 aromatic heterocycles. The summed E-state index contributed by atoms with van der Waals surface area (Å²) in [5, 5.41) is 3.28. The van der Waals surface area contributed by atoms with E-state index >= 15 is 0 Å². The van der Waals surface area contributed by atoms with Crippen LogP contribution in [-0.2, 0) is 24.4 Å². The van der Waals surface area contributed by atoms with Crippen molar-refractivity contribution >= 4 is 17.5 Å². The lowest BCUT2D eigenvalue weighted by atomic mass is 9.83. The third kappa shape index (κ3) is 4.58. The highest BCUT2D eigenvalue weighted by Gasteiger charge is 2.35. The molecule has 2 aromatic rings. The van der Waals surface area contributed by atoms with E-state index in [1.165, 1.54) is 0 Å². The quantitative estimate of drug-likeness (QED) is 0.756. The Morgan fingerprint density at radius 2 is 2.13 bits per heavy atom. The molecule has 0 radical (unpaired) electrons. The van der Waals surface area contributed by atoms with Gasteiger partial charge in [-0.15, -0.1) is 0 Å². The van der Waals surface area contributed by atoms with Crippen LogP contribution in [0.25, 0.3) is 0 Å². The van der Waals surface area contributed by atoms with Gasteiger partial charge in [0.05, 0.1) is 11.6 Å². The predicted octanol–water partition coefficient (Wildman–Crippen LogP) is 1.69. The van der Waals surface area contributed by atoms with Crippen LogP contribution >= 0.6 is 11.6 Å². The number of carbonyl (C=O) groups is 1. The first-order valence-electron chi connectivity index (χ1n) is 10.4. The van der Waals surface area contributed by atoms with E-state index in [0.29, 0.717) is 23.4 Å². The normalized spacial score (nSPS) is 20.8. The van der Waals surface area contributed by atoms with Gasteiger partial charge >= 0.3 is 0 Å².